The summed E-state index contributed by atoms with van der Waals surface area (Å²) in [6, 6.07) is 14.9. The molecule has 0 saturated carbocycles. The van der Waals surface area contributed by atoms with Crippen LogP contribution in [0.1, 0.15) is 70.2 Å². The van der Waals surface area contributed by atoms with Crippen LogP contribution in [0.5, 0.6) is 0 Å². The maximum Gasteiger partial charge on any atom is -1.00 e. The van der Waals surface area contributed by atoms with Crippen molar-refractivity contribution in [2.75, 3.05) is 0 Å². The van der Waals surface area contributed by atoms with E-state index in [9.17, 15) is 0 Å². The van der Waals surface area contributed by atoms with Crippen molar-refractivity contribution >= 4 is 4.26 Å². The molecule has 0 aromatic heterocycles. The van der Waals surface area contributed by atoms with E-state index in [0.717, 1.165) is 36.7 Å². The van der Waals surface area contributed by atoms with Gasteiger partial charge in [0.15, 0.2) is 0 Å². The predicted molar refractivity (Wildman–Crippen MR) is 120 cm³/mol. The van der Waals surface area contributed by atoms with Gasteiger partial charge >= 0.3 is 28.2 Å². The molecule has 0 nitrogen and oxygen atoms in total. The van der Waals surface area contributed by atoms with E-state index in [-0.39, 0.29) is 35.6 Å². The van der Waals surface area contributed by atoms with Gasteiger partial charge in [-0.1, -0.05) is 70.7 Å². The topological polar surface area (TPSA) is 0 Å². The van der Waals surface area contributed by atoms with E-state index < -0.39 is 0 Å². The van der Waals surface area contributed by atoms with Crippen LogP contribution >= 0.6 is 0 Å². The summed E-state index contributed by atoms with van der Waals surface area (Å²) in [5, 5.41) is 0. The first-order valence-corrected chi connectivity index (χ1v) is 12.5. The molecule has 2 aromatic carbocycles. The number of benzene rings is 2. The fraction of sp³-hybridized carbons (Fsp3) is 0.370. The second-order valence-electron chi connectivity index (χ2n) is 9.29. The molecular formula is C27H32Cl2Hf-2. The second kappa shape index (κ2) is 12.3. The number of fused-ring (bicyclic) bond motifs is 3. The van der Waals surface area contributed by atoms with Crippen LogP contribution in [-0.2, 0) is 41.1 Å². The third-order valence-electron chi connectivity index (χ3n) is 5.11. The molecule has 0 unspecified atom stereocenters. The van der Waals surface area contributed by atoms with E-state index >= 15 is 0 Å². The molecule has 2 aromatic rings. The van der Waals surface area contributed by atoms with E-state index in [1.165, 1.54) is 33.4 Å². The van der Waals surface area contributed by atoms with Crippen molar-refractivity contribution in [2.24, 2.45) is 0 Å². The van der Waals surface area contributed by atoms with Crippen LogP contribution < -0.4 is 24.8 Å². The van der Waals surface area contributed by atoms with Gasteiger partial charge in [0, 0.05) is 0 Å². The minimum Gasteiger partial charge on any atom is -1.00 e. The summed E-state index contributed by atoms with van der Waals surface area (Å²) in [4.78, 5) is 0. The van der Waals surface area contributed by atoms with Gasteiger partial charge in [0.05, 0.1) is 0 Å². The van der Waals surface area contributed by atoms with Crippen LogP contribution in [-0.4, -0.2) is 4.26 Å². The average Bonchev–Trinajstić information content (AvgIpc) is 3.32. The summed E-state index contributed by atoms with van der Waals surface area (Å²) in [5.41, 5.74) is 8.88. The van der Waals surface area contributed by atoms with Crippen molar-refractivity contribution in [3.05, 3.63) is 83.0 Å². The van der Waals surface area contributed by atoms with Gasteiger partial charge in [0.1, 0.15) is 0 Å². The molecule has 3 heteroatoms. The standard InChI is InChI=1S/C21H25.C5H5.CH2.2ClH.Hf/c1-20(2,3)15-11-10-14-12-18-16(17(14)13-15)8-7-9-19(18)21(4,5)6;1-2-4-5-3-1;;;;/h7-9,11,13H,12H2,1-6H3;1-3H,4H2;1H2;2*1H;/q2*-1;;;;+2/p-2. The Bertz CT molecular complexity index is 871. The number of halogens is 2. The van der Waals surface area contributed by atoms with Gasteiger partial charge in [0.25, 0.3) is 0 Å². The quantitative estimate of drug-likeness (QED) is 0.264. The molecule has 0 spiro atoms. The third-order valence-corrected chi connectivity index (χ3v) is 5.11. The molecule has 2 aliphatic carbocycles. The molecule has 0 saturated heterocycles. The Balaban J connectivity index is 0.000000809. The van der Waals surface area contributed by atoms with E-state index in [1.807, 2.05) is 12.2 Å². The molecule has 0 radical (unpaired) electrons. The average molecular weight is 606 g/mol. The fourth-order valence-electron chi connectivity index (χ4n) is 3.60. The Morgan fingerprint density at radius 1 is 0.933 bits per heavy atom. The number of allylic oxidation sites excluding steroid dienone is 4. The molecule has 0 aliphatic heterocycles. The number of hydrogen-bond acceptors (Lipinski definition) is 0. The first-order chi connectivity index (χ1) is 13.2. The van der Waals surface area contributed by atoms with Crippen molar-refractivity contribution in [2.45, 2.75) is 65.2 Å². The van der Waals surface area contributed by atoms with Crippen LogP contribution in [0.2, 0.25) is 0 Å². The zero-order chi connectivity index (χ0) is 20.9. The summed E-state index contributed by atoms with van der Waals surface area (Å²) in [6.45, 7) is 13.7. The molecule has 4 rings (SSSR count). The fourth-order valence-corrected chi connectivity index (χ4v) is 3.60. The van der Waals surface area contributed by atoms with Crippen LogP contribution in [0.3, 0.4) is 0 Å². The Hall–Kier alpha value is -0.760. The monoisotopic (exact) mass is 606 g/mol. The van der Waals surface area contributed by atoms with Crippen molar-refractivity contribution < 1.29 is 48.7 Å². The maximum atomic E-state index is 3.55. The first-order valence-electron chi connectivity index (χ1n) is 9.93. The largest absolute Gasteiger partial charge is 1.00 e. The first kappa shape index (κ1) is 29.2. The smallest absolute Gasteiger partial charge is 1.00 e. The Morgan fingerprint density at radius 3 is 2.07 bits per heavy atom. The van der Waals surface area contributed by atoms with Crippen molar-refractivity contribution in [3.8, 4) is 11.1 Å². The van der Waals surface area contributed by atoms with E-state index in [0.29, 0.717) is 0 Å². The normalized spacial score (nSPS) is 12.9. The minimum absolute atomic E-state index is 0. The molecule has 160 valence electrons. The molecule has 30 heavy (non-hydrogen) atoms. The summed E-state index contributed by atoms with van der Waals surface area (Å²) >= 11 is 1.06. The third kappa shape index (κ3) is 7.14. The van der Waals surface area contributed by atoms with Gasteiger partial charge in [-0.3, -0.25) is 6.08 Å². The van der Waals surface area contributed by atoms with E-state index in [1.54, 1.807) is 0 Å². The van der Waals surface area contributed by atoms with Gasteiger partial charge < -0.3 is 24.8 Å². The van der Waals surface area contributed by atoms with Gasteiger partial charge in [-0.25, -0.2) is 12.2 Å². The summed E-state index contributed by atoms with van der Waals surface area (Å²) < 4.78 is 3.39. The minimum atomic E-state index is 0. The summed E-state index contributed by atoms with van der Waals surface area (Å²) in [7, 11) is 0. The molecule has 2 aliphatic rings. The zero-order valence-corrected chi connectivity index (χ0v) is 24.1. The van der Waals surface area contributed by atoms with Crippen LogP contribution in [0.25, 0.3) is 11.1 Å². The predicted octanol–water partition coefficient (Wildman–Crippen LogP) is 0.932. The van der Waals surface area contributed by atoms with Crippen molar-refractivity contribution in [3.63, 3.8) is 0 Å². The van der Waals surface area contributed by atoms with E-state index in [2.05, 4.69) is 94.4 Å². The van der Waals surface area contributed by atoms with Gasteiger partial charge in [-0.15, -0.1) is 12.0 Å². The van der Waals surface area contributed by atoms with Crippen LogP contribution in [0, 0.1) is 12.1 Å². The Kier molecular flexibility index (Phi) is 12.0. The SMILES string of the molecule is CC(C)(C)c1c[c-]c2c(c1)-c1cccc(C(C)(C)C)c1C2.[C-]1=CC=CC1.[CH2]=[Hf+2].[Cl-].[Cl-]. The molecule has 0 amide bonds. The summed E-state index contributed by atoms with van der Waals surface area (Å²) in [5.74, 6) is 0. The second-order valence-corrected chi connectivity index (χ2v) is 9.29. The van der Waals surface area contributed by atoms with Crippen LogP contribution in [0.15, 0.2) is 48.6 Å². The molecule has 0 atom stereocenters. The Morgan fingerprint density at radius 2 is 1.60 bits per heavy atom. The number of hydrogen-bond donors (Lipinski definition) is 0. The van der Waals surface area contributed by atoms with Gasteiger partial charge in [-0.05, 0) is 23.0 Å². The Labute approximate surface area is 211 Å². The molecular weight excluding hydrogens is 574 g/mol. The van der Waals surface area contributed by atoms with E-state index in [4.69, 9.17) is 0 Å². The van der Waals surface area contributed by atoms with Gasteiger partial charge in [-0.2, -0.15) is 35.4 Å². The maximum absolute atomic E-state index is 3.55. The molecule has 0 heterocycles. The zero-order valence-electron chi connectivity index (χ0n) is 19.0. The van der Waals surface area contributed by atoms with Crippen molar-refractivity contribution in [1.29, 1.82) is 0 Å². The van der Waals surface area contributed by atoms with Crippen LogP contribution in [0.4, 0.5) is 0 Å². The molecule has 0 N–H and O–H groups in total. The molecule has 0 fully saturated rings. The number of rotatable bonds is 0. The van der Waals surface area contributed by atoms with Crippen molar-refractivity contribution in [1.82, 2.24) is 0 Å². The summed E-state index contributed by atoms with van der Waals surface area (Å²) in [6.07, 6.45) is 11.0. The molecule has 0 bridgehead atoms. The van der Waals surface area contributed by atoms with Gasteiger partial charge in [0.2, 0.25) is 0 Å².